The lowest BCUT2D eigenvalue weighted by molar-refractivity contribution is -0.142. The fourth-order valence-electron chi connectivity index (χ4n) is 3.80. The summed E-state index contributed by atoms with van der Waals surface area (Å²) in [5.74, 6) is 0.402. The number of halogens is 1. The van der Waals surface area contributed by atoms with Crippen LogP contribution in [0.5, 0.6) is 17.2 Å². The lowest BCUT2D eigenvalue weighted by Crippen LogP contribution is -2.51. The number of amides is 2. The molecule has 0 unspecified atom stereocenters. The van der Waals surface area contributed by atoms with Gasteiger partial charge in [-0.2, -0.15) is 0 Å². The standard InChI is InChI=1S/C29H33FN2O5/c1-4-14-31-29(34)27(15-21-8-6-5-7-9-21)32(19-22-10-12-23(30)13-11-22)28(33)20-37-26-17-24(35-2)16-25(18-26)36-3/h5-13,16-18,27H,4,14-15,19-20H2,1-3H3,(H,31,34)/t27-/m0/s1. The molecule has 0 heterocycles. The van der Waals surface area contributed by atoms with Gasteiger partial charge in [0.2, 0.25) is 5.91 Å². The van der Waals surface area contributed by atoms with Crippen molar-refractivity contribution in [2.75, 3.05) is 27.4 Å². The van der Waals surface area contributed by atoms with E-state index in [9.17, 15) is 14.0 Å². The Morgan fingerprint density at radius 3 is 2.11 bits per heavy atom. The number of carbonyl (C=O) groups is 2. The van der Waals surface area contributed by atoms with Gasteiger partial charge in [0.25, 0.3) is 5.91 Å². The summed E-state index contributed by atoms with van der Waals surface area (Å²) in [5, 5.41) is 2.92. The van der Waals surface area contributed by atoms with E-state index in [2.05, 4.69) is 5.32 Å². The molecular formula is C29H33FN2O5. The second-order valence-corrected chi connectivity index (χ2v) is 8.48. The van der Waals surface area contributed by atoms with Gasteiger partial charge in [-0.1, -0.05) is 49.4 Å². The molecule has 0 aliphatic carbocycles. The molecule has 196 valence electrons. The fourth-order valence-corrected chi connectivity index (χ4v) is 3.80. The molecule has 2 amide bonds. The molecule has 8 heteroatoms. The lowest BCUT2D eigenvalue weighted by atomic mass is 10.0. The van der Waals surface area contributed by atoms with E-state index in [-0.39, 0.29) is 24.9 Å². The Labute approximate surface area is 217 Å². The molecule has 37 heavy (non-hydrogen) atoms. The number of methoxy groups -OCH3 is 2. The van der Waals surface area contributed by atoms with Gasteiger partial charge in [-0.05, 0) is 29.7 Å². The number of carbonyl (C=O) groups excluding carboxylic acids is 2. The number of nitrogens with zero attached hydrogens (tertiary/aromatic N) is 1. The van der Waals surface area contributed by atoms with E-state index in [0.717, 1.165) is 12.0 Å². The predicted molar refractivity (Wildman–Crippen MR) is 139 cm³/mol. The number of hydrogen-bond donors (Lipinski definition) is 1. The molecule has 0 aromatic heterocycles. The van der Waals surface area contributed by atoms with Gasteiger partial charge in [-0.25, -0.2) is 4.39 Å². The molecule has 1 N–H and O–H groups in total. The van der Waals surface area contributed by atoms with Crippen molar-refractivity contribution >= 4 is 11.8 Å². The van der Waals surface area contributed by atoms with Gasteiger partial charge in [0, 0.05) is 37.7 Å². The smallest absolute Gasteiger partial charge is 0.261 e. The molecule has 3 rings (SSSR count). The molecule has 0 spiro atoms. The third kappa shape index (κ3) is 8.24. The first-order valence-corrected chi connectivity index (χ1v) is 12.1. The van der Waals surface area contributed by atoms with Crippen LogP contribution < -0.4 is 19.5 Å². The van der Waals surface area contributed by atoms with Crippen LogP contribution in [0, 0.1) is 5.82 Å². The topological polar surface area (TPSA) is 77.1 Å². The van der Waals surface area contributed by atoms with Gasteiger partial charge in [-0.3, -0.25) is 9.59 Å². The molecule has 3 aromatic carbocycles. The zero-order valence-electron chi connectivity index (χ0n) is 21.4. The minimum absolute atomic E-state index is 0.112. The quantitative estimate of drug-likeness (QED) is 0.371. The summed E-state index contributed by atoms with van der Waals surface area (Å²) >= 11 is 0. The van der Waals surface area contributed by atoms with Gasteiger partial charge in [0.1, 0.15) is 29.1 Å². The molecule has 1 atom stereocenters. The maximum absolute atomic E-state index is 13.6. The molecule has 0 radical (unpaired) electrons. The largest absolute Gasteiger partial charge is 0.496 e. The van der Waals surface area contributed by atoms with Crippen LogP contribution in [0.15, 0.2) is 72.8 Å². The number of ether oxygens (including phenoxy) is 3. The highest BCUT2D eigenvalue weighted by molar-refractivity contribution is 5.88. The molecule has 0 fully saturated rings. The van der Waals surface area contributed by atoms with Crippen molar-refractivity contribution in [1.82, 2.24) is 10.2 Å². The monoisotopic (exact) mass is 508 g/mol. The molecule has 0 bridgehead atoms. The maximum Gasteiger partial charge on any atom is 0.261 e. The Morgan fingerprint density at radius 2 is 1.51 bits per heavy atom. The van der Waals surface area contributed by atoms with Crippen molar-refractivity contribution in [3.8, 4) is 17.2 Å². The zero-order valence-corrected chi connectivity index (χ0v) is 21.4. The van der Waals surface area contributed by atoms with Crippen molar-refractivity contribution in [2.45, 2.75) is 32.4 Å². The van der Waals surface area contributed by atoms with Crippen LogP contribution in [0.1, 0.15) is 24.5 Å². The summed E-state index contributed by atoms with van der Waals surface area (Å²) in [4.78, 5) is 28.4. The Hall–Kier alpha value is -4.07. The summed E-state index contributed by atoms with van der Waals surface area (Å²) in [6.07, 6.45) is 1.08. The molecule has 7 nitrogen and oxygen atoms in total. The number of rotatable bonds is 13. The van der Waals surface area contributed by atoms with Crippen molar-refractivity contribution in [2.24, 2.45) is 0 Å². The molecule has 0 aliphatic heterocycles. The van der Waals surface area contributed by atoms with Crippen LogP contribution in [0.4, 0.5) is 4.39 Å². The van der Waals surface area contributed by atoms with Crippen molar-refractivity contribution in [1.29, 1.82) is 0 Å². The Morgan fingerprint density at radius 1 is 0.892 bits per heavy atom. The summed E-state index contributed by atoms with van der Waals surface area (Å²) in [5.41, 5.74) is 1.61. The third-order valence-corrected chi connectivity index (χ3v) is 5.77. The highest BCUT2D eigenvalue weighted by atomic mass is 19.1. The average molecular weight is 509 g/mol. The van der Waals surface area contributed by atoms with Crippen LogP contribution in [0.2, 0.25) is 0 Å². The number of nitrogens with one attached hydrogen (secondary N) is 1. The lowest BCUT2D eigenvalue weighted by Gasteiger charge is -2.31. The third-order valence-electron chi connectivity index (χ3n) is 5.77. The summed E-state index contributed by atoms with van der Waals surface area (Å²) in [6.45, 7) is 2.25. The van der Waals surface area contributed by atoms with Crippen molar-refractivity contribution in [3.63, 3.8) is 0 Å². The maximum atomic E-state index is 13.6. The Bertz CT molecular complexity index is 1130. The highest BCUT2D eigenvalue weighted by Gasteiger charge is 2.30. The van der Waals surface area contributed by atoms with E-state index in [1.165, 1.54) is 31.3 Å². The molecular weight excluding hydrogens is 475 g/mol. The molecule has 0 saturated carbocycles. The van der Waals surface area contributed by atoms with E-state index < -0.39 is 11.9 Å². The second-order valence-electron chi connectivity index (χ2n) is 8.48. The minimum atomic E-state index is -0.796. The molecule has 3 aromatic rings. The van der Waals surface area contributed by atoms with Gasteiger partial charge in [0.05, 0.1) is 14.2 Å². The van der Waals surface area contributed by atoms with Gasteiger partial charge >= 0.3 is 0 Å². The number of hydrogen-bond acceptors (Lipinski definition) is 5. The molecule has 0 saturated heterocycles. The normalized spacial score (nSPS) is 11.4. The SMILES string of the molecule is CCCNC(=O)[C@H](Cc1ccccc1)N(Cc1ccc(F)cc1)C(=O)COc1cc(OC)cc(OC)c1. The Balaban J connectivity index is 1.90. The van der Waals surface area contributed by atoms with Crippen LogP contribution in [-0.4, -0.2) is 50.1 Å². The van der Waals surface area contributed by atoms with Crippen molar-refractivity contribution in [3.05, 3.63) is 89.7 Å². The average Bonchev–Trinajstić information content (AvgIpc) is 2.93. The summed E-state index contributed by atoms with van der Waals surface area (Å²) < 4.78 is 29.9. The highest BCUT2D eigenvalue weighted by Crippen LogP contribution is 2.27. The minimum Gasteiger partial charge on any atom is -0.496 e. The van der Waals surface area contributed by atoms with Gasteiger partial charge in [0.15, 0.2) is 6.61 Å². The fraction of sp³-hybridized carbons (Fsp3) is 0.310. The van der Waals surface area contributed by atoms with Crippen LogP contribution in [-0.2, 0) is 22.6 Å². The first kappa shape index (κ1) is 27.5. The summed E-state index contributed by atoms with van der Waals surface area (Å²) in [6, 6.07) is 19.6. The molecule has 0 aliphatic rings. The van der Waals surface area contributed by atoms with E-state index in [4.69, 9.17) is 14.2 Å². The van der Waals surface area contributed by atoms with E-state index >= 15 is 0 Å². The van der Waals surface area contributed by atoms with E-state index in [1.54, 1.807) is 30.3 Å². The van der Waals surface area contributed by atoms with E-state index in [1.807, 2.05) is 37.3 Å². The second kappa shape index (κ2) is 13.9. The predicted octanol–water partition coefficient (Wildman–Crippen LogP) is 4.39. The first-order valence-electron chi connectivity index (χ1n) is 12.1. The van der Waals surface area contributed by atoms with Crippen LogP contribution in [0.25, 0.3) is 0 Å². The van der Waals surface area contributed by atoms with Crippen LogP contribution in [0.3, 0.4) is 0 Å². The Kier molecular flexibility index (Phi) is 10.3. The van der Waals surface area contributed by atoms with Crippen LogP contribution >= 0.6 is 0 Å². The van der Waals surface area contributed by atoms with Crippen molar-refractivity contribution < 1.29 is 28.2 Å². The summed E-state index contributed by atoms with van der Waals surface area (Å²) in [7, 11) is 3.05. The first-order chi connectivity index (χ1) is 17.9. The van der Waals surface area contributed by atoms with E-state index in [0.29, 0.717) is 35.8 Å². The number of benzene rings is 3. The zero-order chi connectivity index (χ0) is 26.6. The van der Waals surface area contributed by atoms with Gasteiger partial charge < -0.3 is 24.4 Å². The van der Waals surface area contributed by atoms with Gasteiger partial charge in [-0.15, -0.1) is 0 Å².